The summed E-state index contributed by atoms with van der Waals surface area (Å²) in [4.78, 5) is 2.33. The van der Waals surface area contributed by atoms with Gasteiger partial charge in [-0.3, -0.25) is 4.90 Å². The van der Waals surface area contributed by atoms with E-state index in [2.05, 4.69) is 10.2 Å². The molecule has 0 aromatic carbocycles. The quantitative estimate of drug-likeness (QED) is 0.603. The number of β-amino-alcohol motifs (C(OH)–C–C–N with tert-alkyl or cyclic N) is 1. The summed E-state index contributed by atoms with van der Waals surface area (Å²) >= 11 is 0. The first-order valence-electron chi connectivity index (χ1n) is 4.98. The molecule has 2 aliphatic heterocycles. The van der Waals surface area contributed by atoms with Crippen molar-refractivity contribution in [3.63, 3.8) is 0 Å². The van der Waals surface area contributed by atoms with Gasteiger partial charge < -0.3 is 10.4 Å². The molecular formula is C9H18N2O. The lowest BCUT2D eigenvalue weighted by molar-refractivity contribution is -0.00434. The van der Waals surface area contributed by atoms with Gasteiger partial charge in [-0.15, -0.1) is 0 Å². The summed E-state index contributed by atoms with van der Waals surface area (Å²) in [5.74, 6) is 0. The summed E-state index contributed by atoms with van der Waals surface area (Å²) < 4.78 is 0. The molecule has 0 bridgehead atoms. The minimum absolute atomic E-state index is 0.0476. The predicted octanol–water partition coefficient (Wildman–Crippen LogP) is -0.195. The average molecular weight is 170 g/mol. The summed E-state index contributed by atoms with van der Waals surface area (Å²) in [6.45, 7) is 4.09. The van der Waals surface area contributed by atoms with Crippen LogP contribution in [0.1, 0.15) is 19.3 Å². The molecule has 2 fully saturated rings. The van der Waals surface area contributed by atoms with Gasteiger partial charge in [-0.2, -0.15) is 0 Å². The molecule has 3 heteroatoms. The Bertz CT molecular complexity index is 139. The Kier molecular flexibility index (Phi) is 2.63. The molecule has 12 heavy (non-hydrogen) atoms. The number of rotatable bonds is 2. The van der Waals surface area contributed by atoms with Crippen LogP contribution in [0.15, 0.2) is 0 Å². The van der Waals surface area contributed by atoms with Crippen LogP contribution in [-0.4, -0.2) is 48.3 Å². The maximum atomic E-state index is 9.09. The van der Waals surface area contributed by atoms with Crippen molar-refractivity contribution in [2.24, 2.45) is 0 Å². The fourth-order valence-electron chi connectivity index (χ4n) is 2.08. The molecule has 0 saturated carbocycles. The molecule has 0 amide bonds. The molecule has 0 radical (unpaired) electrons. The van der Waals surface area contributed by atoms with Gasteiger partial charge in [0.1, 0.15) is 0 Å². The van der Waals surface area contributed by atoms with Gasteiger partial charge in [0.25, 0.3) is 0 Å². The van der Waals surface area contributed by atoms with Crippen LogP contribution in [0.5, 0.6) is 0 Å². The third-order valence-corrected chi connectivity index (χ3v) is 2.83. The SMILES string of the molecule is OC1CN(CC2CCCCN2)C1. The van der Waals surface area contributed by atoms with E-state index in [-0.39, 0.29) is 6.10 Å². The molecule has 0 aromatic rings. The maximum Gasteiger partial charge on any atom is 0.0793 e. The second kappa shape index (κ2) is 3.73. The summed E-state index contributed by atoms with van der Waals surface area (Å²) in [5, 5.41) is 12.6. The average Bonchev–Trinajstić information content (AvgIpc) is 2.04. The van der Waals surface area contributed by atoms with E-state index in [1.54, 1.807) is 0 Å². The lowest BCUT2D eigenvalue weighted by atomic mass is 10.0. The normalized spacial score (nSPS) is 33.2. The summed E-state index contributed by atoms with van der Waals surface area (Å²) in [6, 6.07) is 0.686. The minimum atomic E-state index is -0.0476. The van der Waals surface area contributed by atoms with Gasteiger partial charge in [-0.05, 0) is 19.4 Å². The fraction of sp³-hybridized carbons (Fsp3) is 1.00. The number of aliphatic hydroxyl groups excluding tert-OH is 1. The Labute approximate surface area is 73.8 Å². The molecule has 0 aromatic heterocycles. The highest BCUT2D eigenvalue weighted by molar-refractivity contribution is 4.84. The first kappa shape index (κ1) is 8.48. The Hall–Kier alpha value is -0.120. The first-order valence-corrected chi connectivity index (χ1v) is 4.98. The highest BCUT2D eigenvalue weighted by Crippen LogP contribution is 2.12. The molecule has 2 N–H and O–H groups in total. The number of hydrogen-bond acceptors (Lipinski definition) is 3. The van der Waals surface area contributed by atoms with Gasteiger partial charge in [0.2, 0.25) is 0 Å². The zero-order valence-corrected chi connectivity index (χ0v) is 7.50. The molecule has 70 valence electrons. The first-order chi connectivity index (χ1) is 5.84. The van der Waals surface area contributed by atoms with Gasteiger partial charge >= 0.3 is 0 Å². The van der Waals surface area contributed by atoms with Crippen molar-refractivity contribution in [3.8, 4) is 0 Å². The number of hydrogen-bond donors (Lipinski definition) is 2. The Balaban J connectivity index is 1.65. The number of piperidine rings is 1. The van der Waals surface area contributed by atoms with Gasteiger partial charge in [-0.25, -0.2) is 0 Å². The molecule has 2 rings (SSSR count). The van der Waals surface area contributed by atoms with E-state index in [4.69, 9.17) is 5.11 Å². The Morgan fingerprint density at radius 1 is 1.33 bits per heavy atom. The van der Waals surface area contributed by atoms with Crippen LogP contribution in [0.3, 0.4) is 0 Å². The lowest BCUT2D eigenvalue weighted by Gasteiger charge is -2.39. The van der Waals surface area contributed by atoms with Crippen LogP contribution < -0.4 is 5.32 Å². The number of aliphatic hydroxyl groups is 1. The van der Waals surface area contributed by atoms with E-state index in [1.165, 1.54) is 25.8 Å². The zero-order chi connectivity index (χ0) is 8.39. The van der Waals surface area contributed by atoms with Crippen molar-refractivity contribution in [2.45, 2.75) is 31.4 Å². The van der Waals surface area contributed by atoms with Crippen LogP contribution in [-0.2, 0) is 0 Å². The van der Waals surface area contributed by atoms with Gasteiger partial charge in [0.05, 0.1) is 6.10 Å². The topological polar surface area (TPSA) is 35.5 Å². The summed E-state index contributed by atoms with van der Waals surface area (Å²) in [7, 11) is 0. The van der Waals surface area contributed by atoms with Gasteiger partial charge in [-0.1, -0.05) is 6.42 Å². The van der Waals surface area contributed by atoms with Crippen LogP contribution in [0.4, 0.5) is 0 Å². The lowest BCUT2D eigenvalue weighted by Crippen LogP contribution is -2.55. The van der Waals surface area contributed by atoms with E-state index in [0.717, 1.165) is 19.6 Å². The molecule has 1 atom stereocenters. The van der Waals surface area contributed by atoms with E-state index in [1.807, 2.05) is 0 Å². The predicted molar refractivity (Wildman–Crippen MR) is 48.1 cm³/mol. The highest BCUT2D eigenvalue weighted by atomic mass is 16.3. The summed E-state index contributed by atoms with van der Waals surface area (Å²) in [6.07, 6.45) is 3.97. The molecule has 2 heterocycles. The standard InChI is InChI=1S/C9H18N2O/c12-9-6-11(7-9)5-8-3-1-2-4-10-8/h8-10,12H,1-7H2. The van der Waals surface area contributed by atoms with Crippen molar-refractivity contribution in [1.29, 1.82) is 0 Å². The molecule has 0 aliphatic carbocycles. The second-order valence-electron chi connectivity index (χ2n) is 4.02. The van der Waals surface area contributed by atoms with Crippen molar-refractivity contribution >= 4 is 0 Å². The van der Waals surface area contributed by atoms with Crippen molar-refractivity contribution in [1.82, 2.24) is 10.2 Å². The second-order valence-corrected chi connectivity index (χ2v) is 4.02. The third kappa shape index (κ3) is 1.97. The van der Waals surface area contributed by atoms with E-state index in [0.29, 0.717) is 6.04 Å². The van der Waals surface area contributed by atoms with E-state index in [9.17, 15) is 0 Å². The Morgan fingerprint density at radius 2 is 2.17 bits per heavy atom. The van der Waals surface area contributed by atoms with Crippen molar-refractivity contribution in [3.05, 3.63) is 0 Å². The highest BCUT2D eigenvalue weighted by Gasteiger charge is 2.26. The molecule has 2 saturated heterocycles. The number of nitrogens with zero attached hydrogens (tertiary/aromatic N) is 1. The van der Waals surface area contributed by atoms with Crippen molar-refractivity contribution in [2.75, 3.05) is 26.2 Å². The number of nitrogens with one attached hydrogen (secondary N) is 1. The largest absolute Gasteiger partial charge is 0.390 e. The van der Waals surface area contributed by atoms with E-state index < -0.39 is 0 Å². The molecular weight excluding hydrogens is 152 g/mol. The van der Waals surface area contributed by atoms with Crippen molar-refractivity contribution < 1.29 is 5.11 Å². The molecule has 1 unspecified atom stereocenters. The van der Waals surface area contributed by atoms with Crippen LogP contribution in [0.2, 0.25) is 0 Å². The summed E-state index contributed by atoms with van der Waals surface area (Å²) in [5.41, 5.74) is 0. The van der Waals surface area contributed by atoms with E-state index >= 15 is 0 Å². The zero-order valence-electron chi connectivity index (χ0n) is 7.50. The van der Waals surface area contributed by atoms with Gasteiger partial charge in [0.15, 0.2) is 0 Å². The van der Waals surface area contributed by atoms with Crippen LogP contribution in [0, 0.1) is 0 Å². The maximum absolute atomic E-state index is 9.09. The molecule has 3 nitrogen and oxygen atoms in total. The Morgan fingerprint density at radius 3 is 2.75 bits per heavy atom. The molecule has 0 spiro atoms. The van der Waals surface area contributed by atoms with Gasteiger partial charge in [0, 0.05) is 25.7 Å². The van der Waals surface area contributed by atoms with Crippen LogP contribution >= 0.6 is 0 Å². The third-order valence-electron chi connectivity index (χ3n) is 2.83. The number of likely N-dealkylation sites (tertiary alicyclic amines) is 1. The smallest absolute Gasteiger partial charge is 0.0793 e. The monoisotopic (exact) mass is 170 g/mol. The fourth-order valence-corrected chi connectivity index (χ4v) is 2.08. The van der Waals surface area contributed by atoms with Crippen LogP contribution in [0.25, 0.3) is 0 Å². The minimum Gasteiger partial charge on any atom is -0.390 e. The molecule has 2 aliphatic rings.